The van der Waals surface area contributed by atoms with Crippen molar-refractivity contribution >= 4 is 52.0 Å². The zero-order chi connectivity index (χ0) is 23.5. The fraction of sp³-hybridized carbons (Fsp3) is 0.174. The number of hydrogen-bond donors (Lipinski definition) is 1. The molecule has 33 heavy (non-hydrogen) atoms. The highest BCUT2D eigenvalue weighted by Crippen LogP contribution is 2.33. The summed E-state index contributed by atoms with van der Waals surface area (Å²) in [5.74, 6) is 0.120. The second-order valence-electron chi connectivity index (χ2n) is 7.37. The minimum atomic E-state index is -0.459. The standard InChI is InChI=1S/C23H20N4O4S2/c1-13-4-5-14(2)17(10-13)20-21(26-31-25-20)24-19(28)12-27-22(29)18(33-23(27)32)11-15-6-8-16(30-3)9-7-15/h4-11H,12H2,1-3H3,(H,24,26,28)/b18-11-. The van der Waals surface area contributed by atoms with Gasteiger partial charge in [-0.3, -0.25) is 14.5 Å². The normalized spacial score (nSPS) is 14.8. The summed E-state index contributed by atoms with van der Waals surface area (Å²) in [4.78, 5) is 27.3. The van der Waals surface area contributed by atoms with Crippen LogP contribution in [0.15, 0.2) is 52.0 Å². The van der Waals surface area contributed by atoms with Crippen LogP contribution in [-0.2, 0) is 9.59 Å². The van der Waals surface area contributed by atoms with Gasteiger partial charge in [-0.05, 0) is 59.6 Å². The molecule has 0 unspecified atom stereocenters. The molecule has 4 rings (SSSR count). The average Bonchev–Trinajstić information content (AvgIpc) is 3.35. The van der Waals surface area contributed by atoms with Gasteiger partial charge in [0, 0.05) is 5.56 Å². The van der Waals surface area contributed by atoms with E-state index in [1.807, 2.05) is 44.2 Å². The number of ether oxygens (including phenoxy) is 1. The number of hydrogen-bond acceptors (Lipinski definition) is 8. The molecule has 3 aromatic rings. The van der Waals surface area contributed by atoms with Gasteiger partial charge in [0.2, 0.25) is 11.7 Å². The van der Waals surface area contributed by atoms with Gasteiger partial charge in [-0.1, -0.05) is 53.8 Å². The topological polar surface area (TPSA) is 97.6 Å². The van der Waals surface area contributed by atoms with Gasteiger partial charge in [-0.2, -0.15) is 0 Å². The third-order valence-corrected chi connectivity index (χ3v) is 6.36. The van der Waals surface area contributed by atoms with Crippen LogP contribution in [0.4, 0.5) is 5.82 Å². The molecule has 2 heterocycles. The van der Waals surface area contributed by atoms with Crippen molar-refractivity contribution in [3.8, 4) is 17.0 Å². The summed E-state index contributed by atoms with van der Waals surface area (Å²) in [6.45, 7) is 3.65. The van der Waals surface area contributed by atoms with Crippen LogP contribution in [-0.4, -0.2) is 45.0 Å². The van der Waals surface area contributed by atoms with Crippen molar-refractivity contribution in [2.45, 2.75) is 13.8 Å². The number of aryl methyl sites for hydroxylation is 2. The molecule has 8 nitrogen and oxygen atoms in total. The quantitative estimate of drug-likeness (QED) is 0.414. The van der Waals surface area contributed by atoms with Crippen molar-refractivity contribution in [3.05, 3.63) is 64.1 Å². The van der Waals surface area contributed by atoms with Gasteiger partial charge in [-0.15, -0.1) is 0 Å². The van der Waals surface area contributed by atoms with Crippen LogP contribution in [0.25, 0.3) is 17.3 Å². The number of thioether (sulfide) groups is 1. The van der Waals surface area contributed by atoms with Crippen molar-refractivity contribution in [2.24, 2.45) is 0 Å². The van der Waals surface area contributed by atoms with Crippen molar-refractivity contribution in [1.29, 1.82) is 0 Å². The summed E-state index contributed by atoms with van der Waals surface area (Å²) in [5, 5.41) is 10.4. The van der Waals surface area contributed by atoms with E-state index in [0.717, 1.165) is 39.8 Å². The number of methoxy groups -OCH3 is 1. The van der Waals surface area contributed by atoms with Crippen molar-refractivity contribution in [3.63, 3.8) is 0 Å². The van der Waals surface area contributed by atoms with E-state index in [2.05, 4.69) is 15.6 Å². The number of carbonyl (C=O) groups excluding carboxylic acids is 2. The Balaban J connectivity index is 1.47. The molecule has 1 N–H and O–H groups in total. The molecule has 1 saturated heterocycles. The van der Waals surface area contributed by atoms with Crippen molar-refractivity contribution in [2.75, 3.05) is 19.0 Å². The second-order valence-corrected chi connectivity index (χ2v) is 9.04. The van der Waals surface area contributed by atoms with E-state index in [-0.39, 0.29) is 18.3 Å². The SMILES string of the molecule is COc1ccc(/C=C2\SC(=S)N(CC(=O)Nc3nonc3-c3cc(C)ccc3C)C2=O)cc1. The summed E-state index contributed by atoms with van der Waals surface area (Å²) in [6, 6.07) is 13.2. The molecule has 0 atom stereocenters. The highest BCUT2D eigenvalue weighted by atomic mass is 32.2. The lowest BCUT2D eigenvalue weighted by molar-refractivity contribution is -0.126. The number of anilines is 1. The van der Waals surface area contributed by atoms with Crippen LogP contribution >= 0.6 is 24.0 Å². The fourth-order valence-electron chi connectivity index (χ4n) is 3.24. The molecule has 1 aliphatic heterocycles. The Labute approximate surface area is 199 Å². The van der Waals surface area contributed by atoms with E-state index >= 15 is 0 Å². The molecule has 1 fully saturated rings. The average molecular weight is 481 g/mol. The molecule has 1 aliphatic rings. The van der Waals surface area contributed by atoms with Gasteiger partial charge < -0.3 is 10.1 Å². The monoisotopic (exact) mass is 480 g/mol. The molecular weight excluding hydrogens is 460 g/mol. The number of carbonyl (C=O) groups is 2. The first-order valence-electron chi connectivity index (χ1n) is 9.95. The maximum absolute atomic E-state index is 12.8. The maximum Gasteiger partial charge on any atom is 0.266 e. The zero-order valence-electron chi connectivity index (χ0n) is 18.1. The lowest BCUT2D eigenvalue weighted by atomic mass is 10.0. The first-order valence-corrected chi connectivity index (χ1v) is 11.2. The van der Waals surface area contributed by atoms with E-state index in [1.165, 1.54) is 4.90 Å². The van der Waals surface area contributed by atoms with Gasteiger partial charge >= 0.3 is 0 Å². The van der Waals surface area contributed by atoms with Crippen LogP contribution in [0, 0.1) is 13.8 Å². The number of nitrogens with zero attached hydrogens (tertiary/aromatic N) is 3. The van der Waals surface area contributed by atoms with E-state index in [0.29, 0.717) is 14.9 Å². The summed E-state index contributed by atoms with van der Waals surface area (Å²) < 4.78 is 10.3. The Morgan fingerprint density at radius 2 is 1.97 bits per heavy atom. The molecule has 0 aliphatic carbocycles. The lowest BCUT2D eigenvalue weighted by Gasteiger charge is -2.13. The Kier molecular flexibility index (Phi) is 6.57. The number of benzene rings is 2. The summed E-state index contributed by atoms with van der Waals surface area (Å²) in [5.41, 5.74) is 4.06. The minimum Gasteiger partial charge on any atom is -0.497 e. The van der Waals surface area contributed by atoms with Gasteiger partial charge in [0.1, 0.15) is 16.6 Å². The Hall–Kier alpha value is -3.50. The molecule has 2 aromatic carbocycles. The summed E-state index contributed by atoms with van der Waals surface area (Å²) in [7, 11) is 1.59. The minimum absolute atomic E-state index is 0.188. The highest BCUT2D eigenvalue weighted by molar-refractivity contribution is 8.26. The highest BCUT2D eigenvalue weighted by Gasteiger charge is 2.33. The second kappa shape index (κ2) is 9.55. The molecule has 10 heteroatoms. The first-order chi connectivity index (χ1) is 15.9. The van der Waals surface area contributed by atoms with Crippen molar-refractivity contribution < 1.29 is 19.0 Å². The Bertz CT molecular complexity index is 1270. The van der Waals surface area contributed by atoms with Gasteiger partial charge in [0.05, 0.1) is 12.0 Å². The van der Waals surface area contributed by atoms with Crippen LogP contribution in [0.3, 0.4) is 0 Å². The molecule has 2 amide bonds. The fourth-order valence-corrected chi connectivity index (χ4v) is 4.50. The van der Waals surface area contributed by atoms with Crippen LogP contribution in [0.1, 0.15) is 16.7 Å². The number of amides is 2. The summed E-state index contributed by atoms with van der Waals surface area (Å²) >= 11 is 6.48. The molecule has 0 radical (unpaired) electrons. The van der Waals surface area contributed by atoms with Gasteiger partial charge in [0.25, 0.3) is 5.91 Å². The molecule has 168 valence electrons. The van der Waals surface area contributed by atoms with Gasteiger partial charge in [0.15, 0.2) is 5.69 Å². The van der Waals surface area contributed by atoms with Crippen LogP contribution in [0.5, 0.6) is 5.75 Å². The van der Waals surface area contributed by atoms with Crippen molar-refractivity contribution in [1.82, 2.24) is 15.2 Å². The Morgan fingerprint density at radius 1 is 1.21 bits per heavy atom. The Morgan fingerprint density at radius 3 is 2.70 bits per heavy atom. The first kappa shape index (κ1) is 22.7. The predicted octanol–water partition coefficient (Wildman–Crippen LogP) is 4.20. The number of thiocarbonyl (C=S) groups is 1. The maximum atomic E-state index is 12.8. The smallest absolute Gasteiger partial charge is 0.266 e. The molecule has 0 bridgehead atoms. The number of nitrogens with one attached hydrogen (secondary N) is 1. The lowest BCUT2D eigenvalue weighted by Crippen LogP contribution is -2.36. The molecule has 0 saturated carbocycles. The van der Waals surface area contributed by atoms with Crippen LogP contribution in [0.2, 0.25) is 0 Å². The molecule has 0 spiro atoms. The van der Waals surface area contributed by atoms with E-state index < -0.39 is 5.91 Å². The summed E-state index contributed by atoms with van der Waals surface area (Å²) in [6.07, 6.45) is 1.73. The third kappa shape index (κ3) is 4.96. The van der Waals surface area contributed by atoms with Crippen LogP contribution < -0.4 is 10.1 Å². The largest absolute Gasteiger partial charge is 0.497 e. The zero-order valence-corrected chi connectivity index (χ0v) is 19.8. The van der Waals surface area contributed by atoms with E-state index in [9.17, 15) is 9.59 Å². The van der Waals surface area contributed by atoms with E-state index in [4.69, 9.17) is 21.6 Å². The molecular formula is C23H20N4O4S2. The van der Waals surface area contributed by atoms with E-state index in [1.54, 1.807) is 25.3 Å². The molecule has 1 aromatic heterocycles. The number of aromatic nitrogens is 2. The van der Waals surface area contributed by atoms with Gasteiger partial charge in [-0.25, -0.2) is 4.63 Å². The third-order valence-electron chi connectivity index (χ3n) is 4.98. The predicted molar refractivity (Wildman–Crippen MR) is 131 cm³/mol. The number of rotatable bonds is 6.